The lowest BCUT2D eigenvalue weighted by molar-refractivity contribution is -0.114. The zero-order valence-electron chi connectivity index (χ0n) is 22.7. The average Bonchev–Trinajstić information content (AvgIpc) is 2.84. The van der Waals surface area contributed by atoms with E-state index in [2.05, 4.69) is 16.4 Å². The van der Waals surface area contributed by atoms with E-state index in [9.17, 15) is 14.4 Å². The highest BCUT2D eigenvalue weighted by molar-refractivity contribution is 5.98. The van der Waals surface area contributed by atoms with Gasteiger partial charge in [-0.3, -0.25) is 9.78 Å². The molecule has 0 saturated heterocycles. The number of carbonyl (C=O) groups is 1. The molecule has 0 amide bonds. The minimum atomic E-state index is -2.34. The summed E-state index contributed by atoms with van der Waals surface area (Å²) in [5.41, 5.74) is 2.70. The van der Waals surface area contributed by atoms with Crippen LogP contribution in [0.25, 0.3) is 10.9 Å². The third kappa shape index (κ3) is 5.93. The van der Waals surface area contributed by atoms with Crippen molar-refractivity contribution in [2.24, 2.45) is 0 Å². The van der Waals surface area contributed by atoms with Crippen molar-refractivity contribution in [2.45, 2.75) is 20.3 Å². The Balaban J connectivity index is 2.03. The Bertz CT molecular complexity index is 1400. The Labute approximate surface area is 198 Å². The van der Waals surface area contributed by atoms with Crippen molar-refractivity contribution in [2.75, 3.05) is 32.5 Å². The minimum absolute atomic E-state index is 0.0856. The fourth-order valence-corrected chi connectivity index (χ4v) is 3.30. The third-order valence-electron chi connectivity index (χ3n) is 4.88. The molecule has 3 aromatic rings. The highest BCUT2D eigenvalue weighted by Gasteiger charge is 2.16. The second-order valence-corrected chi connectivity index (χ2v) is 7.49. The van der Waals surface area contributed by atoms with Crippen molar-refractivity contribution in [3.05, 3.63) is 71.2 Å². The first-order valence-corrected chi connectivity index (χ1v) is 10.4. The van der Waals surface area contributed by atoms with Gasteiger partial charge in [-0.1, -0.05) is 6.08 Å². The molecule has 0 unspecified atom stereocenters. The van der Waals surface area contributed by atoms with E-state index in [1.54, 1.807) is 38.1 Å². The Morgan fingerprint density at radius 1 is 1.42 bits per heavy atom. The number of ketones is 1. The van der Waals surface area contributed by atoms with Gasteiger partial charge in [0.25, 0.3) is 0 Å². The van der Waals surface area contributed by atoms with Crippen LogP contribution < -0.4 is 10.1 Å². The van der Waals surface area contributed by atoms with Crippen LogP contribution in [0.4, 0.5) is 15.8 Å². The van der Waals surface area contributed by atoms with E-state index < -0.39 is 12.8 Å². The van der Waals surface area contributed by atoms with Gasteiger partial charge in [0.2, 0.25) is 0 Å². The van der Waals surface area contributed by atoms with Crippen LogP contribution in [-0.2, 0) is 11.2 Å². The fraction of sp³-hybridized carbons (Fsp3) is 0.269. The molecule has 0 radical (unpaired) electrons. The van der Waals surface area contributed by atoms with Crippen molar-refractivity contribution in [1.29, 1.82) is 5.26 Å². The van der Waals surface area contributed by atoms with Crippen LogP contribution in [0.2, 0.25) is 0 Å². The fourth-order valence-electron chi connectivity index (χ4n) is 3.30. The average molecular weight is 451 g/mol. The Morgan fingerprint density at radius 3 is 2.94 bits per heavy atom. The van der Waals surface area contributed by atoms with E-state index in [1.807, 2.05) is 0 Å². The van der Waals surface area contributed by atoms with Gasteiger partial charge in [-0.05, 0) is 63.8 Å². The van der Waals surface area contributed by atoms with Crippen molar-refractivity contribution in [3.63, 3.8) is 0 Å². The highest BCUT2D eigenvalue weighted by atomic mass is 19.1. The number of pyridine rings is 1. The number of aromatic nitrogens is 1. The molecule has 0 spiro atoms. The molecule has 170 valence electrons. The Hall–Kier alpha value is -3.76. The summed E-state index contributed by atoms with van der Waals surface area (Å²) in [6, 6.07) is 9.65. The molecule has 0 saturated carbocycles. The van der Waals surface area contributed by atoms with E-state index in [0.717, 1.165) is 4.90 Å². The Morgan fingerprint density at radius 2 is 2.24 bits per heavy atom. The maximum absolute atomic E-state index is 13.8. The van der Waals surface area contributed by atoms with Gasteiger partial charge >= 0.3 is 0 Å². The first-order chi connectivity index (χ1) is 17.4. The number of anilines is 2. The SMILES string of the molecule is [2H]/C(=C\CN(C)C([2H])([2H])[2H])C(=O)Cc1cc2c(Nc3ccc(F)c(C)c3)c(C#N)cnc2cc1OCC. The standard InChI is InChI=1S/C26H27FN4O2/c1-5-33-25-14-24-22(13-18(25)12-21(32)7-6-10-31(3)4)26(19(15-28)16-29-24)30-20-8-9-23(27)17(2)11-20/h6-9,11,13-14,16H,5,10,12H2,1-4H3,(H,29,30)/b7-6+/i3D3,7D. The van der Waals surface area contributed by atoms with Crippen LogP contribution in [0.3, 0.4) is 0 Å². The number of benzene rings is 2. The lowest BCUT2D eigenvalue weighted by Crippen LogP contribution is -2.11. The molecule has 0 aliphatic heterocycles. The first kappa shape index (κ1) is 18.8. The smallest absolute Gasteiger partial charge is 0.159 e. The first-order valence-electron chi connectivity index (χ1n) is 12.4. The third-order valence-corrected chi connectivity index (χ3v) is 4.88. The van der Waals surface area contributed by atoms with Crippen LogP contribution in [0.15, 0.2) is 48.7 Å². The zero-order chi connectivity index (χ0) is 27.3. The molecule has 0 atom stereocenters. The summed E-state index contributed by atoms with van der Waals surface area (Å²) in [6.45, 7) is 1.34. The Kier molecular flexibility index (Phi) is 6.09. The molecular formula is C26H27FN4O2. The maximum Gasteiger partial charge on any atom is 0.159 e. The van der Waals surface area contributed by atoms with Crippen LogP contribution in [0.5, 0.6) is 5.75 Å². The molecule has 1 heterocycles. The molecule has 0 bridgehead atoms. The number of nitriles is 1. The molecule has 1 aromatic heterocycles. The van der Waals surface area contributed by atoms with Gasteiger partial charge in [-0.15, -0.1) is 0 Å². The molecule has 0 fully saturated rings. The zero-order valence-corrected chi connectivity index (χ0v) is 18.7. The molecule has 6 nitrogen and oxygen atoms in total. The second kappa shape index (κ2) is 10.7. The number of nitrogens with one attached hydrogen (secondary N) is 1. The minimum Gasteiger partial charge on any atom is -0.494 e. The summed E-state index contributed by atoms with van der Waals surface area (Å²) in [7, 11) is 1.38. The van der Waals surface area contributed by atoms with Gasteiger partial charge in [0.1, 0.15) is 17.6 Å². The van der Waals surface area contributed by atoms with E-state index in [4.69, 9.17) is 10.2 Å². The summed E-state index contributed by atoms with van der Waals surface area (Å²) >= 11 is 0. The quantitative estimate of drug-likeness (QED) is 0.466. The predicted molar refractivity (Wildman–Crippen MR) is 128 cm³/mol. The van der Waals surface area contributed by atoms with Crippen molar-refractivity contribution >= 4 is 28.1 Å². The van der Waals surface area contributed by atoms with Crippen LogP contribution in [0.1, 0.15) is 29.1 Å². The number of allylic oxidation sites excluding steroid dienone is 1. The number of carbonyl (C=O) groups excluding carboxylic acids is 1. The highest BCUT2D eigenvalue weighted by Crippen LogP contribution is 2.34. The number of fused-ring (bicyclic) bond motifs is 1. The second-order valence-electron chi connectivity index (χ2n) is 7.49. The number of nitrogens with zero attached hydrogens (tertiary/aromatic N) is 3. The number of likely N-dealkylation sites (N-methyl/N-ethyl adjacent to an activating group) is 1. The van der Waals surface area contributed by atoms with Crippen molar-refractivity contribution < 1.29 is 19.4 Å². The number of hydrogen-bond acceptors (Lipinski definition) is 6. The van der Waals surface area contributed by atoms with Gasteiger partial charge in [0.05, 0.1) is 24.7 Å². The normalized spacial score (nSPS) is 13.6. The molecular weight excluding hydrogens is 419 g/mol. The van der Waals surface area contributed by atoms with Crippen LogP contribution >= 0.6 is 0 Å². The number of aryl methyl sites for hydroxylation is 1. The number of rotatable bonds is 9. The largest absolute Gasteiger partial charge is 0.494 e. The molecule has 1 N–H and O–H groups in total. The lowest BCUT2D eigenvalue weighted by Gasteiger charge is -2.15. The van der Waals surface area contributed by atoms with E-state index in [-0.39, 0.29) is 30.4 Å². The van der Waals surface area contributed by atoms with Crippen LogP contribution in [-0.4, -0.2) is 42.8 Å². The maximum atomic E-state index is 13.8. The molecule has 7 heteroatoms. The number of halogens is 1. The summed E-state index contributed by atoms with van der Waals surface area (Å²) in [6.07, 6.45) is 2.51. The molecule has 33 heavy (non-hydrogen) atoms. The topological polar surface area (TPSA) is 78.3 Å². The van der Waals surface area contributed by atoms with E-state index in [0.29, 0.717) is 45.8 Å². The van der Waals surface area contributed by atoms with Crippen molar-refractivity contribution in [3.8, 4) is 11.8 Å². The van der Waals surface area contributed by atoms with Gasteiger partial charge in [-0.2, -0.15) is 5.26 Å². The summed E-state index contributed by atoms with van der Waals surface area (Å²) in [5.74, 6) is -0.457. The lowest BCUT2D eigenvalue weighted by atomic mass is 10.0. The van der Waals surface area contributed by atoms with Gasteiger partial charge in [-0.25, -0.2) is 4.39 Å². The molecule has 2 aromatic carbocycles. The van der Waals surface area contributed by atoms with E-state index >= 15 is 0 Å². The van der Waals surface area contributed by atoms with E-state index in [1.165, 1.54) is 25.4 Å². The molecule has 3 rings (SSSR count). The summed E-state index contributed by atoms with van der Waals surface area (Å²) in [5, 5.41) is 13.4. The molecule has 0 aliphatic carbocycles. The van der Waals surface area contributed by atoms with Gasteiger partial charge in [0, 0.05) is 46.0 Å². The van der Waals surface area contributed by atoms with Gasteiger partial charge in [0.15, 0.2) is 5.78 Å². The summed E-state index contributed by atoms with van der Waals surface area (Å²) in [4.78, 5) is 18.3. The predicted octanol–water partition coefficient (Wildman–Crippen LogP) is 4.93. The van der Waals surface area contributed by atoms with Crippen LogP contribution in [0, 0.1) is 24.1 Å². The van der Waals surface area contributed by atoms with Gasteiger partial charge < -0.3 is 15.0 Å². The number of ether oxygens (including phenoxy) is 1. The molecule has 0 aliphatic rings. The summed E-state index contributed by atoms with van der Waals surface area (Å²) < 4.78 is 49.8. The monoisotopic (exact) mass is 450 g/mol. The van der Waals surface area contributed by atoms with Crippen molar-refractivity contribution in [1.82, 2.24) is 9.88 Å². The number of hydrogen-bond donors (Lipinski definition) is 1.